The fraction of sp³-hybridized carbons (Fsp3) is 0.500. The van der Waals surface area contributed by atoms with Crippen LogP contribution >= 0.6 is 15.9 Å². The molecule has 0 heterocycles. The van der Waals surface area contributed by atoms with Crippen molar-refractivity contribution >= 4 is 25.8 Å². The number of rotatable bonds is 4. The van der Waals surface area contributed by atoms with Crippen molar-refractivity contribution in [3.8, 4) is 0 Å². The van der Waals surface area contributed by atoms with Crippen LogP contribution < -0.4 is 0 Å². The summed E-state index contributed by atoms with van der Waals surface area (Å²) in [6.45, 7) is 5.90. The van der Waals surface area contributed by atoms with Crippen LogP contribution in [0.3, 0.4) is 0 Å². The lowest BCUT2D eigenvalue weighted by atomic mass is 10.2. The Hall–Kier alpha value is -0.350. The van der Waals surface area contributed by atoms with Crippen LogP contribution in [0.4, 0.5) is 0 Å². The predicted octanol–water partition coefficient (Wildman–Crippen LogP) is 3.58. The standard InChI is InChI=1S/C12H17BrO2S/c1-4-9(2)8-16(14,15)11-6-5-10(3)12(13)7-11/h5-7,9H,4,8H2,1-3H3. The van der Waals surface area contributed by atoms with Gasteiger partial charge in [-0.25, -0.2) is 8.42 Å². The van der Waals surface area contributed by atoms with E-state index in [1.54, 1.807) is 12.1 Å². The summed E-state index contributed by atoms with van der Waals surface area (Å²) in [6.07, 6.45) is 0.881. The molecule has 0 bridgehead atoms. The third-order valence-corrected chi connectivity index (χ3v) is 5.54. The van der Waals surface area contributed by atoms with Crippen molar-refractivity contribution < 1.29 is 8.42 Å². The van der Waals surface area contributed by atoms with Crippen molar-refractivity contribution in [1.82, 2.24) is 0 Å². The number of aryl methyl sites for hydroxylation is 1. The van der Waals surface area contributed by atoms with Gasteiger partial charge in [0.15, 0.2) is 9.84 Å². The zero-order valence-electron chi connectivity index (χ0n) is 9.83. The highest BCUT2D eigenvalue weighted by Crippen LogP contribution is 2.22. The Labute approximate surface area is 106 Å². The molecular formula is C12H17BrO2S. The predicted molar refractivity (Wildman–Crippen MR) is 70.4 cm³/mol. The van der Waals surface area contributed by atoms with Gasteiger partial charge < -0.3 is 0 Å². The van der Waals surface area contributed by atoms with E-state index in [0.29, 0.717) is 4.90 Å². The van der Waals surface area contributed by atoms with Crippen LogP contribution in [-0.4, -0.2) is 14.2 Å². The van der Waals surface area contributed by atoms with Gasteiger partial charge in [-0.2, -0.15) is 0 Å². The lowest BCUT2D eigenvalue weighted by molar-refractivity contribution is 0.564. The van der Waals surface area contributed by atoms with Crippen LogP contribution in [0.25, 0.3) is 0 Å². The average molecular weight is 305 g/mol. The summed E-state index contributed by atoms with van der Waals surface area (Å²) in [4.78, 5) is 0.408. The van der Waals surface area contributed by atoms with Crippen molar-refractivity contribution in [2.75, 3.05) is 5.75 Å². The van der Waals surface area contributed by atoms with Crippen molar-refractivity contribution in [2.45, 2.75) is 32.1 Å². The van der Waals surface area contributed by atoms with Crippen molar-refractivity contribution in [2.24, 2.45) is 5.92 Å². The smallest absolute Gasteiger partial charge is 0.178 e. The Kier molecular flexibility index (Phi) is 4.56. The van der Waals surface area contributed by atoms with E-state index in [1.165, 1.54) is 0 Å². The maximum absolute atomic E-state index is 12.0. The number of benzene rings is 1. The van der Waals surface area contributed by atoms with E-state index in [-0.39, 0.29) is 11.7 Å². The molecule has 0 spiro atoms. The molecule has 0 radical (unpaired) electrons. The zero-order valence-corrected chi connectivity index (χ0v) is 12.2. The normalized spacial score (nSPS) is 13.8. The molecule has 0 saturated carbocycles. The molecule has 1 rings (SSSR count). The molecule has 0 aliphatic rings. The molecule has 2 nitrogen and oxygen atoms in total. The molecule has 0 amide bonds. The van der Waals surface area contributed by atoms with Crippen LogP contribution in [0.5, 0.6) is 0 Å². The van der Waals surface area contributed by atoms with E-state index in [4.69, 9.17) is 0 Å². The molecule has 4 heteroatoms. The van der Waals surface area contributed by atoms with Crippen molar-refractivity contribution in [3.05, 3.63) is 28.2 Å². The minimum atomic E-state index is -3.14. The molecule has 0 aliphatic carbocycles. The molecule has 0 saturated heterocycles. The number of hydrogen-bond acceptors (Lipinski definition) is 2. The van der Waals surface area contributed by atoms with Gasteiger partial charge in [0, 0.05) is 4.47 Å². The Balaban J connectivity index is 3.03. The minimum Gasteiger partial charge on any atom is -0.224 e. The van der Waals surface area contributed by atoms with Gasteiger partial charge in [0.1, 0.15) is 0 Å². The fourth-order valence-electron chi connectivity index (χ4n) is 1.36. The summed E-state index contributed by atoms with van der Waals surface area (Å²) in [5, 5.41) is 0. The summed E-state index contributed by atoms with van der Waals surface area (Å²) >= 11 is 3.36. The molecule has 16 heavy (non-hydrogen) atoms. The summed E-state index contributed by atoms with van der Waals surface area (Å²) in [7, 11) is -3.14. The van der Waals surface area contributed by atoms with E-state index in [0.717, 1.165) is 16.5 Å². The van der Waals surface area contributed by atoms with E-state index in [1.807, 2.05) is 26.8 Å². The SMILES string of the molecule is CCC(C)CS(=O)(=O)c1ccc(C)c(Br)c1. The second kappa shape index (κ2) is 5.32. The first kappa shape index (κ1) is 13.7. The van der Waals surface area contributed by atoms with Crippen LogP contribution in [0.1, 0.15) is 25.8 Å². The quantitative estimate of drug-likeness (QED) is 0.852. The van der Waals surface area contributed by atoms with Crippen molar-refractivity contribution in [1.29, 1.82) is 0 Å². The number of hydrogen-bond donors (Lipinski definition) is 0. The first-order valence-corrected chi connectivity index (χ1v) is 7.80. The van der Waals surface area contributed by atoms with Crippen LogP contribution in [-0.2, 0) is 9.84 Å². The van der Waals surface area contributed by atoms with Crippen LogP contribution in [0.2, 0.25) is 0 Å². The highest BCUT2D eigenvalue weighted by atomic mass is 79.9. The largest absolute Gasteiger partial charge is 0.224 e. The van der Waals surface area contributed by atoms with Gasteiger partial charge in [0.2, 0.25) is 0 Å². The summed E-state index contributed by atoms with van der Waals surface area (Å²) in [5.41, 5.74) is 1.04. The van der Waals surface area contributed by atoms with Gasteiger partial charge in [-0.05, 0) is 30.5 Å². The molecule has 0 N–H and O–H groups in total. The summed E-state index contributed by atoms with van der Waals surface area (Å²) < 4.78 is 24.9. The molecule has 1 atom stereocenters. The average Bonchev–Trinajstić information content (AvgIpc) is 2.21. The Morgan fingerprint density at radius 2 is 2.00 bits per heavy atom. The third-order valence-electron chi connectivity index (χ3n) is 2.70. The topological polar surface area (TPSA) is 34.1 Å². The van der Waals surface area contributed by atoms with Gasteiger partial charge >= 0.3 is 0 Å². The lowest BCUT2D eigenvalue weighted by Crippen LogP contribution is -2.13. The highest BCUT2D eigenvalue weighted by Gasteiger charge is 2.18. The molecule has 1 unspecified atom stereocenters. The Morgan fingerprint density at radius 3 is 2.50 bits per heavy atom. The van der Waals surface area contributed by atoms with E-state index < -0.39 is 9.84 Å². The zero-order chi connectivity index (χ0) is 12.3. The minimum absolute atomic E-state index is 0.199. The van der Waals surface area contributed by atoms with E-state index in [2.05, 4.69) is 15.9 Å². The van der Waals surface area contributed by atoms with Gasteiger partial charge in [0.25, 0.3) is 0 Å². The van der Waals surface area contributed by atoms with E-state index >= 15 is 0 Å². The van der Waals surface area contributed by atoms with Crippen LogP contribution in [0.15, 0.2) is 27.6 Å². The second-order valence-corrected chi connectivity index (χ2v) is 7.09. The highest BCUT2D eigenvalue weighted by molar-refractivity contribution is 9.10. The molecule has 1 aromatic rings. The van der Waals surface area contributed by atoms with Crippen LogP contribution in [0, 0.1) is 12.8 Å². The molecule has 0 aromatic heterocycles. The third kappa shape index (κ3) is 3.32. The monoisotopic (exact) mass is 304 g/mol. The first-order chi connectivity index (χ1) is 7.36. The maximum Gasteiger partial charge on any atom is 0.178 e. The molecule has 90 valence electrons. The molecule has 0 aliphatic heterocycles. The van der Waals surface area contributed by atoms with Crippen molar-refractivity contribution in [3.63, 3.8) is 0 Å². The summed E-state index contributed by atoms with van der Waals surface area (Å²) in [6, 6.07) is 5.19. The number of sulfone groups is 1. The Bertz CT molecular complexity index is 466. The molecular weight excluding hydrogens is 288 g/mol. The molecule has 0 fully saturated rings. The molecule has 1 aromatic carbocycles. The van der Waals surface area contributed by atoms with Gasteiger partial charge in [-0.15, -0.1) is 0 Å². The van der Waals surface area contributed by atoms with E-state index in [9.17, 15) is 8.42 Å². The number of halogens is 1. The fourth-order valence-corrected chi connectivity index (χ4v) is 3.64. The lowest BCUT2D eigenvalue weighted by Gasteiger charge is -2.10. The maximum atomic E-state index is 12.0. The Morgan fingerprint density at radius 1 is 1.38 bits per heavy atom. The van der Waals surface area contributed by atoms with Gasteiger partial charge in [0.05, 0.1) is 10.6 Å². The summed E-state index contributed by atoms with van der Waals surface area (Å²) in [5.74, 6) is 0.420. The second-order valence-electron chi connectivity index (χ2n) is 4.21. The first-order valence-electron chi connectivity index (χ1n) is 5.35. The van der Waals surface area contributed by atoms with Gasteiger partial charge in [-0.3, -0.25) is 0 Å². The van der Waals surface area contributed by atoms with Gasteiger partial charge in [-0.1, -0.05) is 42.3 Å².